The largest absolute Gasteiger partial charge is 0.464 e. The van der Waals surface area contributed by atoms with Gasteiger partial charge in [-0.15, -0.1) is 0 Å². The van der Waals surface area contributed by atoms with Crippen molar-refractivity contribution in [1.82, 2.24) is 14.8 Å². The minimum Gasteiger partial charge on any atom is -0.464 e. The van der Waals surface area contributed by atoms with Gasteiger partial charge in [0.15, 0.2) is 11.3 Å². The van der Waals surface area contributed by atoms with Crippen LogP contribution < -0.4 is 4.90 Å². The molecular weight excluding hydrogens is 418 g/mol. The zero-order valence-electron chi connectivity index (χ0n) is 18.7. The van der Waals surface area contributed by atoms with Gasteiger partial charge < -0.3 is 14.7 Å². The highest BCUT2D eigenvalue weighted by molar-refractivity contribution is 5.99. The molecule has 1 N–H and O–H groups in total. The molecule has 1 saturated carbocycles. The maximum Gasteiger partial charge on any atom is 0.356 e. The number of para-hydroxylation sites is 1. The van der Waals surface area contributed by atoms with Gasteiger partial charge in [-0.1, -0.05) is 24.6 Å². The van der Waals surface area contributed by atoms with Gasteiger partial charge in [0.2, 0.25) is 0 Å². The monoisotopic (exact) mass is 445 g/mol. The number of nitriles is 1. The number of nitrogens with zero attached hydrogens (tertiary/aromatic N) is 5. The number of methoxy groups -OCH3 is 1. The number of esters is 1. The standard InChI is InChI=1S/C25H27N5O3/c1-33-24(31)19-16-20(29-14-11-25(32,10-13-26)12-15-29)21-22(17-6-5-7-17)28-30(23(21)27-19)18-8-3-2-4-9-18/h2-4,8-9,16-17,32H,5-7,10-12,14-15H2,1H3. The molecular formula is C25H27N5O3. The van der Waals surface area contributed by atoms with Gasteiger partial charge in [-0.25, -0.2) is 14.5 Å². The first-order valence-electron chi connectivity index (χ1n) is 11.4. The fraction of sp³-hybridized carbons (Fsp3) is 0.440. The lowest BCUT2D eigenvalue weighted by molar-refractivity contribution is 0.0207. The summed E-state index contributed by atoms with van der Waals surface area (Å²) in [5.41, 5.74) is 2.69. The van der Waals surface area contributed by atoms with Gasteiger partial charge in [-0.2, -0.15) is 10.4 Å². The van der Waals surface area contributed by atoms with Crippen LogP contribution in [0.5, 0.6) is 0 Å². The highest BCUT2D eigenvalue weighted by atomic mass is 16.5. The Hall–Kier alpha value is -3.44. The van der Waals surface area contributed by atoms with E-state index in [-0.39, 0.29) is 12.1 Å². The molecule has 170 valence electrons. The van der Waals surface area contributed by atoms with Gasteiger partial charge >= 0.3 is 5.97 Å². The van der Waals surface area contributed by atoms with Crippen LogP contribution in [-0.4, -0.2) is 51.6 Å². The Labute approximate surface area is 192 Å². The molecule has 0 radical (unpaired) electrons. The summed E-state index contributed by atoms with van der Waals surface area (Å²) in [5.74, 6) is -0.135. The van der Waals surface area contributed by atoms with Crippen molar-refractivity contribution in [3.63, 3.8) is 0 Å². The number of fused-ring (bicyclic) bond motifs is 1. The molecule has 0 spiro atoms. The van der Waals surface area contributed by atoms with Gasteiger partial charge in [0, 0.05) is 19.0 Å². The van der Waals surface area contributed by atoms with Crippen LogP contribution in [0.2, 0.25) is 0 Å². The summed E-state index contributed by atoms with van der Waals surface area (Å²) in [7, 11) is 1.35. The van der Waals surface area contributed by atoms with E-state index < -0.39 is 11.6 Å². The Morgan fingerprint density at radius 1 is 1.27 bits per heavy atom. The van der Waals surface area contributed by atoms with Crippen LogP contribution in [0, 0.1) is 11.3 Å². The van der Waals surface area contributed by atoms with Gasteiger partial charge in [0.25, 0.3) is 0 Å². The van der Waals surface area contributed by atoms with Crippen molar-refractivity contribution >= 4 is 22.7 Å². The molecule has 1 aliphatic carbocycles. The molecule has 3 aromatic rings. The Kier molecular flexibility index (Phi) is 5.51. The van der Waals surface area contributed by atoms with Gasteiger partial charge in [-0.05, 0) is 43.9 Å². The molecule has 8 heteroatoms. The van der Waals surface area contributed by atoms with Crippen LogP contribution in [0.15, 0.2) is 36.4 Å². The molecule has 0 unspecified atom stereocenters. The molecule has 8 nitrogen and oxygen atoms in total. The smallest absolute Gasteiger partial charge is 0.356 e. The van der Waals surface area contributed by atoms with Gasteiger partial charge in [0.05, 0.1) is 47.7 Å². The van der Waals surface area contributed by atoms with Gasteiger partial charge in [0.1, 0.15) is 0 Å². The molecule has 33 heavy (non-hydrogen) atoms. The summed E-state index contributed by atoms with van der Waals surface area (Å²) in [6.07, 6.45) is 4.45. The Bertz CT molecular complexity index is 1220. The second kappa shape index (κ2) is 8.49. The number of ether oxygens (including phenoxy) is 1. The minimum atomic E-state index is -0.965. The number of aromatic nitrogens is 3. The second-order valence-electron chi connectivity index (χ2n) is 9.02. The van der Waals surface area contributed by atoms with Crippen molar-refractivity contribution in [3.05, 3.63) is 47.8 Å². The molecule has 0 atom stereocenters. The Morgan fingerprint density at radius 2 is 2.00 bits per heavy atom. The van der Waals surface area contributed by atoms with Crippen molar-refractivity contribution in [1.29, 1.82) is 5.26 Å². The number of carbonyl (C=O) groups excluding carboxylic acids is 1. The predicted molar refractivity (Wildman–Crippen MR) is 123 cm³/mol. The highest BCUT2D eigenvalue weighted by Gasteiger charge is 2.35. The molecule has 1 saturated heterocycles. The number of aliphatic hydroxyl groups is 1. The third-order valence-electron chi connectivity index (χ3n) is 6.97. The zero-order valence-corrected chi connectivity index (χ0v) is 18.7. The number of pyridine rings is 1. The quantitative estimate of drug-likeness (QED) is 0.597. The fourth-order valence-electron chi connectivity index (χ4n) is 4.79. The number of benzene rings is 1. The molecule has 3 heterocycles. The topological polar surface area (TPSA) is 104 Å². The summed E-state index contributed by atoms with van der Waals surface area (Å²) < 4.78 is 6.83. The predicted octanol–water partition coefficient (Wildman–Crippen LogP) is 3.72. The second-order valence-corrected chi connectivity index (χ2v) is 9.02. The van der Waals surface area contributed by atoms with Crippen LogP contribution in [0.1, 0.15) is 60.6 Å². The van der Waals surface area contributed by atoms with E-state index >= 15 is 0 Å². The molecule has 2 fully saturated rings. The first-order chi connectivity index (χ1) is 16.0. The third kappa shape index (κ3) is 3.83. The summed E-state index contributed by atoms with van der Waals surface area (Å²) in [6, 6.07) is 13.7. The molecule has 0 bridgehead atoms. The van der Waals surface area contributed by atoms with E-state index in [1.165, 1.54) is 13.5 Å². The number of anilines is 1. The number of carbonyl (C=O) groups is 1. The highest BCUT2D eigenvalue weighted by Crippen LogP contribution is 2.43. The lowest BCUT2D eigenvalue weighted by Crippen LogP contribution is -2.44. The normalized spacial score (nSPS) is 18.0. The zero-order chi connectivity index (χ0) is 23.0. The molecule has 2 aromatic heterocycles. The molecule has 1 aromatic carbocycles. The average Bonchev–Trinajstić information content (AvgIpc) is 3.17. The van der Waals surface area contributed by atoms with E-state index in [2.05, 4.69) is 11.0 Å². The lowest BCUT2D eigenvalue weighted by Gasteiger charge is -2.38. The van der Waals surface area contributed by atoms with Crippen molar-refractivity contribution in [2.75, 3.05) is 25.1 Å². The van der Waals surface area contributed by atoms with Crippen LogP contribution in [-0.2, 0) is 4.74 Å². The van der Waals surface area contributed by atoms with E-state index in [0.29, 0.717) is 37.5 Å². The van der Waals surface area contributed by atoms with Crippen LogP contribution in [0.4, 0.5) is 5.69 Å². The van der Waals surface area contributed by atoms with E-state index in [4.69, 9.17) is 20.1 Å². The molecule has 1 aliphatic heterocycles. The average molecular weight is 446 g/mol. The maximum absolute atomic E-state index is 12.5. The Balaban J connectivity index is 1.68. The summed E-state index contributed by atoms with van der Waals surface area (Å²) >= 11 is 0. The first-order valence-corrected chi connectivity index (χ1v) is 11.4. The third-order valence-corrected chi connectivity index (χ3v) is 6.97. The molecule has 0 amide bonds. The molecule has 5 rings (SSSR count). The minimum absolute atomic E-state index is 0.124. The lowest BCUT2D eigenvalue weighted by atomic mass is 9.81. The Morgan fingerprint density at radius 3 is 2.61 bits per heavy atom. The van der Waals surface area contributed by atoms with Crippen LogP contribution >= 0.6 is 0 Å². The van der Waals surface area contributed by atoms with Gasteiger partial charge in [-0.3, -0.25) is 0 Å². The van der Waals surface area contributed by atoms with Crippen molar-refractivity contribution < 1.29 is 14.6 Å². The van der Waals surface area contributed by atoms with Crippen molar-refractivity contribution in [2.24, 2.45) is 0 Å². The summed E-state index contributed by atoms with van der Waals surface area (Å²) in [5, 5.41) is 25.8. The fourth-order valence-corrected chi connectivity index (χ4v) is 4.79. The van der Waals surface area contributed by atoms with E-state index in [9.17, 15) is 9.90 Å². The van der Waals surface area contributed by atoms with Crippen molar-refractivity contribution in [2.45, 2.75) is 50.0 Å². The number of piperidine rings is 1. The maximum atomic E-state index is 12.5. The summed E-state index contributed by atoms with van der Waals surface area (Å²) in [6.45, 7) is 1.16. The SMILES string of the molecule is COC(=O)c1cc(N2CCC(O)(CC#N)CC2)c2c(C3CCC3)nn(-c3ccccc3)c2n1. The van der Waals surface area contributed by atoms with Crippen LogP contribution in [0.25, 0.3) is 16.7 Å². The molecule has 2 aliphatic rings. The first kappa shape index (κ1) is 21.4. The number of rotatable bonds is 5. The van der Waals surface area contributed by atoms with Crippen LogP contribution in [0.3, 0.4) is 0 Å². The number of hydrogen-bond donors (Lipinski definition) is 1. The van der Waals surface area contributed by atoms with Crippen molar-refractivity contribution in [3.8, 4) is 11.8 Å². The number of hydrogen-bond acceptors (Lipinski definition) is 7. The van der Waals surface area contributed by atoms with E-state index in [1.807, 2.05) is 35.0 Å². The summed E-state index contributed by atoms with van der Waals surface area (Å²) in [4.78, 5) is 19.4. The van der Waals surface area contributed by atoms with E-state index in [0.717, 1.165) is 35.3 Å². The van der Waals surface area contributed by atoms with E-state index in [1.54, 1.807) is 6.07 Å².